The summed E-state index contributed by atoms with van der Waals surface area (Å²) in [7, 11) is 0. The van der Waals surface area contributed by atoms with Gasteiger partial charge in [0.1, 0.15) is 0 Å². The molecule has 14 heavy (non-hydrogen) atoms. The van der Waals surface area contributed by atoms with Crippen LogP contribution in [0.2, 0.25) is 0 Å². The van der Waals surface area contributed by atoms with Crippen molar-refractivity contribution in [2.75, 3.05) is 19.6 Å². The highest BCUT2D eigenvalue weighted by Crippen LogP contribution is 1.96. The van der Waals surface area contributed by atoms with Crippen molar-refractivity contribution in [3.63, 3.8) is 0 Å². The minimum atomic E-state index is 0.925. The Balaban J connectivity index is 3.67. The maximum atomic E-state index is 5.32. The predicted molar refractivity (Wildman–Crippen MR) is 67.7 cm³/mol. The van der Waals surface area contributed by atoms with Gasteiger partial charge in [-0.25, -0.2) is 0 Å². The average Bonchev–Trinajstić information content (AvgIpc) is 2.19. The van der Waals surface area contributed by atoms with Crippen LogP contribution < -0.4 is 5.32 Å². The van der Waals surface area contributed by atoms with E-state index in [1.807, 2.05) is 0 Å². The highest BCUT2D eigenvalue weighted by molar-refractivity contribution is 7.80. The zero-order chi connectivity index (χ0) is 10.8. The molecule has 3 heteroatoms. The largest absolute Gasteiger partial charge is 0.363 e. The molecule has 84 valence electrons. The molecule has 0 rings (SSSR count). The van der Waals surface area contributed by atoms with Gasteiger partial charge >= 0.3 is 0 Å². The second-order valence-electron chi connectivity index (χ2n) is 3.52. The molecule has 0 heterocycles. The van der Waals surface area contributed by atoms with Gasteiger partial charge in [0, 0.05) is 19.6 Å². The molecule has 0 saturated carbocycles. The molecule has 0 atom stereocenters. The summed E-state index contributed by atoms with van der Waals surface area (Å²) >= 11 is 5.32. The molecule has 0 aromatic heterocycles. The zero-order valence-electron chi connectivity index (χ0n) is 9.81. The fourth-order valence-electron chi connectivity index (χ4n) is 1.24. The van der Waals surface area contributed by atoms with Crippen molar-refractivity contribution in [2.45, 2.75) is 46.5 Å². The quantitative estimate of drug-likeness (QED) is 0.520. The molecule has 0 radical (unpaired) electrons. The maximum Gasteiger partial charge on any atom is 0.168 e. The first-order chi connectivity index (χ1) is 6.76. The molecule has 0 unspecified atom stereocenters. The summed E-state index contributed by atoms with van der Waals surface area (Å²) in [5.41, 5.74) is 0. The first-order valence-electron chi connectivity index (χ1n) is 5.79. The van der Waals surface area contributed by atoms with E-state index in [4.69, 9.17) is 12.2 Å². The van der Waals surface area contributed by atoms with E-state index in [1.165, 1.54) is 25.7 Å². The van der Waals surface area contributed by atoms with E-state index >= 15 is 0 Å². The van der Waals surface area contributed by atoms with Crippen molar-refractivity contribution in [1.29, 1.82) is 0 Å². The molecule has 0 aromatic rings. The molecule has 0 bridgehead atoms. The Morgan fingerprint density at radius 1 is 1.14 bits per heavy atom. The van der Waals surface area contributed by atoms with Gasteiger partial charge in [-0.3, -0.25) is 0 Å². The van der Waals surface area contributed by atoms with Crippen LogP contribution >= 0.6 is 12.2 Å². The van der Waals surface area contributed by atoms with Gasteiger partial charge in [-0.05, 0) is 32.0 Å². The van der Waals surface area contributed by atoms with Crippen molar-refractivity contribution in [2.24, 2.45) is 0 Å². The van der Waals surface area contributed by atoms with E-state index in [2.05, 4.69) is 31.0 Å². The van der Waals surface area contributed by atoms with Gasteiger partial charge in [-0.1, -0.05) is 26.7 Å². The molecule has 1 N–H and O–H groups in total. The van der Waals surface area contributed by atoms with E-state index in [0.717, 1.165) is 24.7 Å². The molecule has 0 aliphatic rings. The van der Waals surface area contributed by atoms with Crippen molar-refractivity contribution in [3.05, 3.63) is 0 Å². The standard InChI is InChI=1S/C11H24N2S/c1-4-7-9-12-11(14)13(6-3)10-8-5-2/h4-10H2,1-3H3,(H,12,14). The maximum absolute atomic E-state index is 5.32. The fraction of sp³-hybridized carbons (Fsp3) is 0.909. The van der Waals surface area contributed by atoms with Crippen LogP contribution in [-0.2, 0) is 0 Å². The van der Waals surface area contributed by atoms with Crippen LogP contribution in [0.3, 0.4) is 0 Å². The van der Waals surface area contributed by atoms with Gasteiger partial charge in [0.15, 0.2) is 5.11 Å². The molecule has 0 amide bonds. The van der Waals surface area contributed by atoms with Gasteiger partial charge in [-0.2, -0.15) is 0 Å². The number of hydrogen-bond donors (Lipinski definition) is 1. The van der Waals surface area contributed by atoms with Crippen LogP contribution in [0.15, 0.2) is 0 Å². The third kappa shape index (κ3) is 6.19. The summed E-state index contributed by atoms with van der Waals surface area (Å²) in [6, 6.07) is 0. The van der Waals surface area contributed by atoms with Crippen molar-refractivity contribution in [3.8, 4) is 0 Å². The second kappa shape index (κ2) is 9.25. The topological polar surface area (TPSA) is 15.3 Å². The average molecular weight is 216 g/mol. The Kier molecular flexibility index (Phi) is 9.05. The summed E-state index contributed by atoms with van der Waals surface area (Å²) in [6.45, 7) is 9.67. The summed E-state index contributed by atoms with van der Waals surface area (Å²) in [6.07, 6.45) is 4.87. The van der Waals surface area contributed by atoms with Crippen molar-refractivity contribution >= 4 is 17.3 Å². The Labute approximate surface area is 94.1 Å². The lowest BCUT2D eigenvalue weighted by Crippen LogP contribution is -2.40. The molecular weight excluding hydrogens is 192 g/mol. The summed E-state index contributed by atoms with van der Waals surface area (Å²) in [5.74, 6) is 0. The first-order valence-corrected chi connectivity index (χ1v) is 6.19. The molecule has 0 spiro atoms. The van der Waals surface area contributed by atoms with Crippen molar-refractivity contribution < 1.29 is 0 Å². The highest BCUT2D eigenvalue weighted by atomic mass is 32.1. The molecule has 0 aliphatic carbocycles. The summed E-state index contributed by atoms with van der Waals surface area (Å²) in [5, 5.41) is 4.23. The number of hydrogen-bond acceptors (Lipinski definition) is 1. The van der Waals surface area contributed by atoms with Crippen LogP contribution in [0, 0.1) is 0 Å². The smallest absolute Gasteiger partial charge is 0.168 e. The lowest BCUT2D eigenvalue weighted by atomic mass is 10.3. The number of rotatable bonds is 7. The van der Waals surface area contributed by atoms with Gasteiger partial charge < -0.3 is 10.2 Å². The molecule has 0 aliphatic heterocycles. The molecule has 0 saturated heterocycles. The normalized spacial score (nSPS) is 9.93. The lowest BCUT2D eigenvalue weighted by Gasteiger charge is -2.24. The zero-order valence-corrected chi connectivity index (χ0v) is 10.6. The summed E-state index contributed by atoms with van der Waals surface area (Å²) < 4.78 is 0. The van der Waals surface area contributed by atoms with E-state index in [1.54, 1.807) is 0 Å². The van der Waals surface area contributed by atoms with Gasteiger partial charge in [0.2, 0.25) is 0 Å². The van der Waals surface area contributed by atoms with Crippen LogP contribution in [-0.4, -0.2) is 29.6 Å². The van der Waals surface area contributed by atoms with Crippen LogP contribution in [0.5, 0.6) is 0 Å². The number of thiocarbonyl (C=S) groups is 1. The predicted octanol–water partition coefficient (Wildman–Crippen LogP) is 2.78. The minimum Gasteiger partial charge on any atom is -0.363 e. The number of nitrogens with zero attached hydrogens (tertiary/aromatic N) is 1. The highest BCUT2D eigenvalue weighted by Gasteiger charge is 2.04. The Hall–Kier alpha value is -0.310. The SMILES string of the molecule is CCCCNC(=S)N(CC)CCCC. The van der Waals surface area contributed by atoms with Gasteiger partial charge in [0.05, 0.1) is 0 Å². The fourth-order valence-corrected chi connectivity index (χ4v) is 1.56. The van der Waals surface area contributed by atoms with Crippen LogP contribution in [0.4, 0.5) is 0 Å². The summed E-state index contributed by atoms with van der Waals surface area (Å²) in [4.78, 5) is 2.24. The lowest BCUT2D eigenvalue weighted by molar-refractivity contribution is 0.420. The Morgan fingerprint density at radius 2 is 1.79 bits per heavy atom. The number of nitrogens with one attached hydrogen (secondary N) is 1. The van der Waals surface area contributed by atoms with Crippen LogP contribution in [0.25, 0.3) is 0 Å². The van der Waals surface area contributed by atoms with E-state index in [0.29, 0.717) is 0 Å². The monoisotopic (exact) mass is 216 g/mol. The molecule has 2 nitrogen and oxygen atoms in total. The van der Waals surface area contributed by atoms with E-state index in [9.17, 15) is 0 Å². The molecular formula is C11H24N2S. The van der Waals surface area contributed by atoms with E-state index in [-0.39, 0.29) is 0 Å². The Bertz CT molecular complexity index is 148. The molecule has 0 aromatic carbocycles. The third-order valence-corrected chi connectivity index (χ3v) is 2.66. The molecule has 0 fully saturated rings. The van der Waals surface area contributed by atoms with Gasteiger partial charge in [0.25, 0.3) is 0 Å². The van der Waals surface area contributed by atoms with Crippen molar-refractivity contribution in [1.82, 2.24) is 10.2 Å². The number of unbranched alkanes of at least 4 members (excludes halogenated alkanes) is 2. The first kappa shape index (κ1) is 13.7. The third-order valence-electron chi connectivity index (χ3n) is 2.26. The van der Waals surface area contributed by atoms with Gasteiger partial charge in [-0.15, -0.1) is 0 Å². The second-order valence-corrected chi connectivity index (χ2v) is 3.91. The minimum absolute atomic E-state index is 0.925. The van der Waals surface area contributed by atoms with Crippen LogP contribution in [0.1, 0.15) is 46.5 Å². The van der Waals surface area contributed by atoms with E-state index < -0.39 is 0 Å². The Morgan fingerprint density at radius 3 is 2.29 bits per heavy atom.